The third-order valence-electron chi connectivity index (χ3n) is 8.58. The Bertz CT molecular complexity index is 1910. The second-order valence-corrected chi connectivity index (χ2v) is 16.3. The van der Waals surface area contributed by atoms with Crippen molar-refractivity contribution in [1.29, 1.82) is 5.26 Å². The van der Waals surface area contributed by atoms with Crippen molar-refractivity contribution in [3.8, 4) is 6.07 Å². The molecule has 7 nitrogen and oxygen atoms in total. The molecule has 3 amide bonds. The van der Waals surface area contributed by atoms with Crippen LogP contribution in [0.15, 0.2) is 93.9 Å². The van der Waals surface area contributed by atoms with Gasteiger partial charge in [0.05, 0.1) is 10.8 Å². The molecule has 49 heavy (non-hydrogen) atoms. The van der Waals surface area contributed by atoms with Gasteiger partial charge < -0.3 is 16.0 Å². The maximum atomic E-state index is 13.6. The van der Waals surface area contributed by atoms with Gasteiger partial charge in [-0.3, -0.25) is 14.4 Å². The summed E-state index contributed by atoms with van der Waals surface area (Å²) in [7, 11) is 0. The van der Waals surface area contributed by atoms with Crippen molar-refractivity contribution in [2.24, 2.45) is 11.3 Å². The average molecular weight is 756 g/mol. The first-order valence-electron chi connectivity index (χ1n) is 16.2. The first kappa shape index (κ1) is 36.1. The highest BCUT2D eigenvalue weighted by Crippen LogP contribution is 2.44. The SMILES string of the molecule is CCC(Sc1cccc(NC(=O)/C(=C\c2ccc(Br)cc2)NC(=O)c2ccccc2)c1)C(=O)Nc1sc2c(c1C#N)CCC(C(C)(C)C)C2. The Morgan fingerprint density at radius 3 is 2.45 bits per heavy atom. The molecule has 3 aromatic carbocycles. The highest BCUT2D eigenvalue weighted by atomic mass is 79.9. The number of hydrogen-bond donors (Lipinski definition) is 3. The minimum atomic E-state index is -0.487. The normalized spacial score (nSPS) is 15.0. The number of nitrogens with zero attached hydrogens (tertiary/aromatic N) is 1. The zero-order valence-electron chi connectivity index (χ0n) is 27.9. The fourth-order valence-corrected chi connectivity index (χ4v) is 8.28. The molecule has 10 heteroatoms. The zero-order chi connectivity index (χ0) is 35.1. The van der Waals surface area contributed by atoms with Crippen LogP contribution in [0.4, 0.5) is 10.7 Å². The van der Waals surface area contributed by atoms with Crippen molar-refractivity contribution in [3.05, 3.63) is 116 Å². The lowest BCUT2D eigenvalue weighted by atomic mass is 9.72. The fraction of sp³-hybridized carbons (Fsp3) is 0.282. The number of rotatable bonds is 10. The van der Waals surface area contributed by atoms with E-state index in [1.807, 2.05) is 55.5 Å². The third-order valence-corrected chi connectivity index (χ3v) is 11.6. The number of halogens is 1. The average Bonchev–Trinajstić information content (AvgIpc) is 3.44. The number of anilines is 2. The van der Waals surface area contributed by atoms with Gasteiger partial charge in [-0.15, -0.1) is 23.1 Å². The lowest BCUT2D eigenvalue weighted by Crippen LogP contribution is -2.30. The molecule has 2 unspecified atom stereocenters. The number of amides is 3. The molecule has 5 rings (SSSR count). The molecule has 1 aliphatic carbocycles. The predicted octanol–water partition coefficient (Wildman–Crippen LogP) is 9.45. The predicted molar refractivity (Wildman–Crippen MR) is 204 cm³/mol. The summed E-state index contributed by atoms with van der Waals surface area (Å²) in [5.41, 5.74) is 3.63. The molecule has 1 aliphatic rings. The summed E-state index contributed by atoms with van der Waals surface area (Å²) >= 11 is 6.36. The van der Waals surface area contributed by atoms with E-state index in [4.69, 9.17) is 0 Å². The Balaban J connectivity index is 1.29. The van der Waals surface area contributed by atoms with Gasteiger partial charge in [0.25, 0.3) is 11.8 Å². The quantitative estimate of drug-likeness (QED) is 0.110. The summed E-state index contributed by atoms with van der Waals surface area (Å²) in [5.74, 6) is -0.514. The molecule has 0 saturated heterocycles. The maximum absolute atomic E-state index is 13.6. The van der Waals surface area contributed by atoms with Crippen LogP contribution in [0.25, 0.3) is 6.08 Å². The molecule has 0 spiro atoms. The molecule has 0 radical (unpaired) electrons. The van der Waals surface area contributed by atoms with Gasteiger partial charge >= 0.3 is 0 Å². The number of thioether (sulfide) groups is 1. The van der Waals surface area contributed by atoms with Crippen LogP contribution >= 0.6 is 39.0 Å². The highest BCUT2D eigenvalue weighted by Gasteiger charge is 2.33. The summed E-state index contributed by atoms with van der Waals surface area (Å²) in [6.07, 6.45) is 5.01. The van der Waals surface area contributed by atoms with E-state index in [0.29, 0.717) is 34.2 Å². The van der Waals surface area contributed by atoms with Gasteiger partial charge in [-0.25, -0.2) is 0 Å². The number of carbonyl (C=O) groups is 3. The number of hydrogen-bond acceptors (Lipinski definition) is 6. The Hall–Kier alpha value is -4.17. The Morgan fingerprint density at radius 1 is 1.04 bits per heavy atom. The monoisotopic (exact) mass is 754 g/mol. The molecule has 1 heterocycles. The number of fused-ring (bicyclic) bond motifs is 1. The van der Waals surface area contributed by atoms with Crippen LogP contribution in [0.1, 0.15) is 72.5 Å². The van der Waals surface area contributed by atoms with E-state index in [0.717, 1.165) is 39.8 Å². The van der Waals surface area contributed by atoms with Crippen molar-refractivity contribution in [3.63, 3.8) is 0 Å². The first-order chi connectivity index (χ1) is 23.4. The smallest absolute Gasteiger partial charge is 0.272 e. The van der Waals surface area contributed by atoms with Crippen LogP contribution in [-0.2, 0) is 22.4 Å². The molecule has 0 aliphatic heterocycles. The van der Waals surface area contributed by atoms with Crippen LogP contribution in [0.2, 0.25) is 0 Å². The van der Waals surface area contributed by atoms with E-state index in [2.05, 4.69) is 58.7 Å². The summed E-state index contributed by atoms with van der Waals surface area (Å²) in [6, 6.07) is 25.7. The van der Waals surface area contributed by atoms with Crippen LogP contribution in [0.5, 0.6) is 0 Å². The third kappa shape index (κ3) is 9.30. The van der Waals surface area contributed by atoms with Gasteiger partial charge in [0.15, 0.2) is 0 Å². The summed E-state index contributed by atoms with van der Waals surface area (Å²) in [4.78, 5) is 42.1. The summed E-state index contributed by atoms with van der Waals surface area (Å²) in [6.45, 7) is 8.74. The standard InChI is InChI=1S/C39H39BrN4O3S2/c1-5-33(37(47)44-38-31(23-41)30-19-16-26(39(2,3)4)21-34(30)49-38)48-29-13-9-12-28(22-29)42-36(46)32(20-24-14-17-27(40)18-15-24)43-35(45)25-10-7-6-8-11-25/h6-15,17-18,20,22,26,33H,5,16,19,21H2,1-4H3,(H,42,46)(H,43,45)(H,44,47)/b32-20+. The van der Waals surface area contributed by atoms with Crippen LogP contribution in [0.3, 0.4) is 0 Å². The second-order valence-electron chi connectivity index (χ2n) is 13.0. The highest BCUT2D eigenvalue weighted by molar-refractivity contribution is 9.10. The van der Waals surface area contributed by atoms with Gasteiger partial charge in [-0.05, 0) is 96.7 Å². The van der Waals surface area contributed by atoms with Crippen molar-refractivity contribution >= 4 is 73.5 Å². The first-order valence-corrected chi connectivity index (χ1v) is 18.7. The molecular weight excluding hydrogens is 716 g/mol. The number of nitrogens with one attached hydrogen (secondary N) is 3. The van der Waals surface area contributed by atoms with E-state index in [-0.39, 0.29) is 17.0 Å². The Morgan fingerprint density at radius 2 is 1.78 bits per heavy atom. The number of carbonyl (C=O) groups excluding carboxylic acids is 3. The van der Waals surface area contributed by atoms with Gasteiger partial charge in [0.1, 0.15) is 16.8 Å². The van der Waals surface area contributed by atoms with E-state index in [9.17, 15) is 19.6 Å². The maximum Gasteiger partial charge on any atom is 0.272 e. The molecule has 2 atom stereocenters. The van der Waals surface area contributed by atoms with E-state index in [1.165, 1.54) is 28.0 Å². The van der Waals surface area contributed by atoms with Crippen molar-refractivity contribution < 1.29 is 14.4 Å². The molecule has 252 valence electrons. The Kier molecular flexibility index (Phi) is 11.8. The van der Waals surface area contributed by atoms with Crippen molar-refractivity contribution in [2.45, 2.75) is 63.5 Å². The topological polar surface area (TPSA) is 111 Å². The largest absolute Gasteiger partial charge is 0.321 e. The molecule has 1 aromatic heterocycles. The van der Waals surface area contributed by atoms with E-state index >= 15 is 0 Å². The van der Waals surface area contributed by atoms with Gasteiger partial charge in [0, 0.05) is 25.5 Å². The van der Waals surface area contributed by atoms with E-state index < -0.39 is 17.1 Å². The zero-order valence-corrected chi connectivity index (χ0v) is 31.2. The van der Waals surface area contributed by atoms with E-state index in [1.54, 1.807) is 36.4 Å². The molecule has 4 aromatic rings. The molecular formula is C39H39BrN4O3S2. The fourth-order valence-electron chi connectivity index (χ4n) is 5.72. The molecule has 0 fully saturated rings. The van der Waals surface area contributed by atoms with Gasteiger partial charge in [0.2, 0.25) is 5.91 Å². The van der Waals surface area contributed by atoms with Gasteiger partial charge in [-0.2, -0.15) is 5.26 Å². The summed E-state index contributed by atoms with van der Waals surface area (Å²) in [5, 5.41) is 19.0. The van der Waals surface area contributed by atoms with Crippen molar-refractivity contribution in [1.82, 2.24) is 5.32 Å². The molecule has 0 bridgehead atoms. The van der Waals surface area contributed by atoms with Crippen LogP contribution < -0.4 is 16.0 Å². The van der Waals surface area contributed by atoms with Crippen LogP contribution in [0, 0.1) is 22.7 Å². The lowest BCUT2D eigenvalue weighted by Gasteiger charge is -2.33. The molecule has 0 saturated carbocycles. The number of nitriles is 1. The Labute approximate surface area is 304 Å². The number of benzene rings is 3. The minimum Gasteiger partial charge on any atom is -0.321 e. The minimum absolute atomic E-state index is 0.0841. The molecule has 3 N–H and O–H groups in total. The van der Waals surface area contributed by atoms with Crippen LogP contribution in [-0.4, -0.2) is 23.0 Å². The summed E-state index contributed by atoms with van der Waals surface area (Å²) < 4.78 is 0.895. The lowest BCUT2D eigenvalue weighted by molar-refractivity contribution is -0.116. The van der Waals surface area contributed by atoms with Crippen molar-refractivity contribution in [2.75, 3.05) is 10.6 Å². The van der Waals surface area contributed by atoms with Gasteiger partial charge in [-0.1, -0.05) is 80.0 Å². The second kappa shape index (κ2) is 16.0. The number of thiophene rings is 1.